The lowest BCUT2D eigenvalue weighted by Crippen LogP contribution is -2.37. The van der Waals surface area contributed by atoms with Gasteiger partial charge in [0.25, 0.3) is 0 Å². The lowest BCUT2D eigenvalue weighted by atomic mass is 10.0. The van der Waals surface area contributed by atoms with Crippen LogP contribution >= 0.6 is 0 Å². The number of anilines is 1. The van der Waals surface area contributed by atoms with Crippen molar-refractivity contribution in [2.24, 2.45) is 0 Å². The van der Waals surface area contributed by atoms with E-state index in [4.69, 9.17) is 19.4 Å². The number of benzene rings is 1. The first-order valence-electron chi connectivity index (χ1n) is 9.52. The molecule has 0 spiro atoms. The van der Waals surface area contributed by atoms with Crippen LogP contribution < -0.4 is 4.90 Å². The van der Waals surface area contributed by atoms with Gasteiger partial charge in [0.2, 0.25) is 5.95 Å². The maximum atomic E-state index is 14.0. The summed E-state index contributed by atoms with van der Waals surface area (Å²) < 4.78 is 24.2. The maximum Gasteiger partial charge on any atom is 0.356 e. The summed E-state index contributed by atoms with van der Waals surface area (Å²) in [5, 5.41) is 9.48. The smallest absolute Gasteiger partial charge is 0.356 e. The first-order valence-corrected chi connectivity index (χ1v) is 9.52. The minimum Gasteiger partial charge on any atom is -0.464 e. The van der Waals surface area contributed by atoms with Gasteiger partial charge in [-0.1, -0.05) is 0 Å². The molecule has 156 valence electrons. The molecule has 1 fully saturated rings. The first kappa shape index (κ1) is 20.1. The highest BCUT2D eigenvalue weighted by atomic mass is 19.1. The third kappa shape index (κ3) is 3.69. The number of aromatic nitrogens is 3. The summed E-state index contributed by atoms with van der Waals surface area (Å²) in [7, 11) is 1.29. The highest BCUT2D eigenvalue weighted by Crippen LogP contribution is 2.30. The second-order valence-corrected chi connectivity index (χ2v) is 6.95. The Hall–Kier alpha value is -3.17. The van der Waals surface area contributed by atoms with Crippen molar-refractivity contribution in [3.8, 4) is 11.3 Å². The van der Waals surface area contributed by atoms with Gasteiger partial charge in [0, 0.05) is 24.2 Å². The van der Waals surface area contributed by atoms with E-state index in [1.165, 1.54) is 19.2 Å². The molecule has 3 aromatic rings. The quantitative estimate of drug-likeness (QED) is 0.652. The Balaban J connectivity index is 1.98. The molecule has 1 N–H and O–H groups in total. The summed E-state index contributed by atoms with van der Waals surface area (Å²) >= 11 is 0. The molecular weight excluding hydrogens is 391 g/mol. The van der Waals surface area contributed by atoms with Gasteiger partial charge in [0.15, 0.2) is 0 Å². The molecule has 0 unspecified atom stereocenters. The zero-order chi connectivity index (χ0) is 21.3. The number of hydrogen-bond acceptors (Lipinski definition) is 8. The zero-order valence-corrected chi connectivity index (χ0v) is 16.7. The number of methoxy groups -OCH3 is 1. The number of fused-ring (bicyclic) bond motifs is 1. The molecule has 0 aliphatic carbocycles. The van der Waals surface area contributed by atoms with Gasteiger partial charge < -0.3 is 19.5 Å². The van der Waals surface area contributed by atoms with E-state index in [0.717, 1.165) is 5.56 Å². The molecule has 0 radical (unpaired) electrons. The third-order valence-electron chi connectivity index (χ3n) is 5.01. The molecule has 9 heteroatoms. The summed E-state index contributed by atoms with van der Waals surface area (Å²) in [4.78, 5) is 27.9. The second-order valence-electron chi connectivity index (χ2n) is 6.95. The number of nitrogens with zero attached hydrogens (tertiary/aromatic N) is 4. The van der Waals surface area contributed by atoms with E-state index >= 15 is 0 Å². The van der Waals surface area contributed by atoms with E-state index in [0.29, 0.717) is 54.5 Å². The number of carbonyl (C=O) groups excluding carboxylic acids is 1. The summed E-state index contributed by atoms with van der Waals surface area (Å²) in [6.07, 6.45) is 0. The van der Waals surface area contributed by atoms with Crippen molar-refractivity contribution in [3.05, 3.63) is 46.9 Å². The maximum absolute atomic E-state index is 14.0. The van der Waals surface area contributed by atoms with Crippen LogP contribution in [-0.2, 0) is 16.1 Å². The minimum absolute atomic E-state index is 0.135. The molecule has 0 saturated carbocycles. The number of aliphatic hydroxyl groups excluding tert-OH is 1. The van der Waals surface area contributed by atoms with Crippen LogP contribution in [0.25, 0.3) is 22.3 Å². The summed E-state index contributed by atoms with van der Waals surface area (Å²) in [5.41, 5.74) is 3.03. The number of rotatable bonds is 4. The molecule has 4 rings (SSSR count). The summed E-state index contributed by atoms with van der Waals surface area (Å²) in [6, 6.07) is 6.00. The average Bonchev–Trinajstić information content (AvgIpc) is 2.79. The topological polar surface area (TPSA) is 97.7 Å². The monoisotopic (exact) mass is 412 g/mol. The van der Waals surface area contributed by atoms with Crippen LogP contribution in [0.4, 0.5) is 10.3 Å². The van der Waals surface area contributed by atoms with Gasteiger partial charge in [0.1, 0.15) is 22.7 Å². The summed E-state index contributed by atoms with van der Waals surface area (Å²) in [5.74, 6) is -0.572. The average molecular weight is 412 g/mol. The Morgan fingerprint density at radius 1 is 1.20 bits per heavy atom. The van der Waals surface area contributed by atoms with E-state index in [2.05, 4.69) is 4.98 Å². The van der Waals surface area contributed by atoms with E-state index in [1.54, 1.807) is 12.1 Å². The molecule has 30 heavy (non-hydrogen) atoms. The molecule has 3 heterocycles. The van der Waals surface area contributed by atoms with Gasteiger partial charge >= 0.3 is 5.97 Å². The van der Waals surface area contributed by atoms with Crippen molar-refractivity contribution in [1.82, 2.24) is 15.0 Å². The number of esters is 1. The van der Waals surface area contributed by atoms with E-state index in [9.17, 15) is 14.3 Å². The Morgan fingerprint density at radius 3 is 2.67 bits per heavy atom. The lowest BCUT2D eigenvalue weighted by molar-refractivity contribution is 0.0594. The predicted molar refractivity (Wildman–Crippen MR) is 108 cm³/mol. The highest BCUT2D eigenvalue weighted by molar-refractivity contribution is 5.96. The number of morpholine rings is 1. The van der Waals surface area contributed by atoms with Gasteiger partial charge in [-0.05, 0) is 36.8 Å². The molecule has 0 amide bonds. The van der Waals surface area contributed by atoms with Crippen molar-refractivity contribution in [1.29, 1.82) is 0 Å². The fraction of sp³-hybridized carbons (Fsp3) is 0.333. The Bertz CT molecular complexity index is 1120. The molecular formula is C21H21FN4O4. The molecule has 8 nitrogen and oxygen atoms in total. The number of hydrogen-bond donors (Lipinski definition) is 1. The lowest BCUT2D eigenvalue weighted by Gasteiger charge is -2.27. The molecule has 1 aliphatic heterocycles. The Morgan fingerprint density at radius 2 is 1.97 bits per heavy atom. The Labute approximate surface area is 172 Å². The van der Waals surface area contributed by atoms with Gasteiger partial charge in [-0.3, -0.25) is 0 Å². The number of carbonyl (C=O) groups is 1. The van der Waals surface area contributed by atoms with Crippen LogP contribution in [0.15, 0.2) is 24.3 Å². The molecule has 1 aliphatic rings. The number of halogens is 1. The van der Waals surface area contributed by atoms with Crippen LogP contribution in [-0.4, -0.2) is 59.4 Å². The second kappa shape index (κ2) is 8.29. The van der Waals surface area contributed by atoms with Crippen LogP contribution in [0, 0.1) is 12.7 Å². The van der Waals surface area contributed by atoms with Crippen molar-refractivity contribution in [2.75, 3.05) is 38.3 Å². The predicted octanol–water partition coefficient (Wildman–Crippen LogP) is 2.25. The van der Waals surface area contributed by atoms with E-state index < -0.39 is 18.4 Å². The molecule has 1 saturated heterocycles. The fourth-order valence-electron chi connectivity index (χ4n) is 3.41. The van der Waals surface area contributed by atoms with Gasteiger partial charge in [-0.2, -0.15) is 0 Å². The molecule has 1 aromatic carbocycles. The van der Waals surface area contributed by atoms with Gasteiger partial charge in [-0.15, -0.1) is 0 Å². The van der Waals surface area contributed by atoms with Crippen LogP contribution in [0.1, 0.15) is 21.6 Å². The zero-order valence-electron chi connectivity index (χ0n) is 16.7. The van der Waals surface area contributed by atoms with Crippen molar-refractivity contribution in [2.45, 2.75) is 13.5 Å². The largest absolute Gasteiger partial charge is 0.464 e. The van der Waals surface area contributed by atoms with Crippen LogP contribution in [0.3, 0.4) is 0 Å². The Kier molecular flexibility index (Phi) is 5.56. The fourth-order valence-corrected chi connectivity index (χ4v) is 3.41. The van der Waals surface area contributed by atoms with Crippen LogP contribution in [0.2, 0.25) is 0 Å². The third-order valence-corrected chi connectivity index (χ3v) is 5.01. The minimum atomic E-state index is -0.571. The van der Waals surface area contributed by atoms with E-state index in [-0.39, 0.29) is 11.3 Å². The van der Waals surface area contributed by atoms with Crippen molar-refractivity contribution in [3.63, 3.8) is 0 Å². The number of aliphatic hydroxyl groups is 1. The summed E-state index contributed by atoms with van der Waals surface area (Å²) in [6.45, 7) is 3.81. The molecule has 2 aromatic heterocycles. The molecule has 0 atom stereocenters. The van der Waals surface area contributed by atoms with E-state index in [1.807, 2.05) is 11.8 Å². The van der Waals surface area contributed by atoms with Crippen molar-refractivity contribution >= 4 is 23.0 Å². The number of pyridine rings is 1. The number of ether oxygens (including phenoxy) is 2. The van der Waals surface area contributed by atoms with Gasteiger partial charge in [0.05, 0.1) is 32.4 Å². The standard InChI is InChI=1S/C21H21FN4O4/c1-12-9-16(20(28)29-2)23-19-17(12)24-21(26-5-7-30-8-6-26)25-18(19)13-3-4-15(22)14(10-13)11-27/h3-4,9-10,27H,5-8,11H2,1-2H3. The first-order chi connectivity index (χ1) is 14.5. The van der Waals surface area contributed by atoms with Crippen LogP contribution in [0.5, 0.6) is 0 Å². The highest BCUT2D eigenvalue weighted by Gasteiger charge is 2.21. The van der Waals surface area contributed by atoms with Gasteiger partial charge in [-0.25, -0.2) is 24.1 Å². The molecule has 0 bridgehead atoms. The normalized spacial score (nSPS) is 14.2. The number of aryl methyl sites for hydroxylation is 1. The van der Waals surface area contributed by atoms with Crippen molar-refractivity contribution < 1.29 is 23.8 Å². The SMILES string of the molecule is COC(=O)c1cc(C)c2nc(N3CCOCC3)nc(-c3ccc(F)c(CO)c3)c2n1.